The Hall–Kier alpha value is -0.240. The molecule has 4 N–H and O–H groups in total. The van der Waals surface area contributed by atoms with Gasteiger partial charge < -0.3 is 29.9 Å². The maximum atomic E-state index is 10.0. The van der Waals surface area contributed by atoms with E-state index in [1.165, 1.54) is 57.8 Å². The fourth-order valence-corrected chi connectivity index (χ4v) is 3.49. The minimum atomic E-state index is -1.62. The molecule has 0 bridgehead atoms. The van der Waals surface area contributed by atoms with E-state index in [4.69, 9.17) is 14.6 Å². The third-order valence-corrected chi connectivity index (χ3v) is 5.25. The zero-order valence-corrected chi connectivity index (χ0v) is 16.4. The summed E-state index contributed by atoms with van der Waals surface area (Å²) in [5.74, 6) is -1.62. The summed E-state index contributed by atoms with van der Waals surface area (Å²) in [6.07, 6.45) is 11.4. The van der Waals surface area contributed by atoms with Crippen molar-refractivity contribution in [3.05, 3.63) is 0 Å². The number of hydrogen-bond acceptors (Lipinski definition) is 6. The van der Waals surface area contributed by atoms with Gasteiger partial charge in [0.25, 0.3) is 0 Å². The fourth-order valence-electron chi connectivity index (χ4n) is 3.49. The lowest BCUT2D eigenvalue weighted by atomic mass is 10.0. The number of unbranched alkanes of at least 4 members (excludes halogenated alkanes) is 11. The molecule has 26 heavy (non-hydrogen) atoms. The van der Waals surface area contributed by atoms with E-state index >= 15 is 0 Å². The van der Waals surface area contributed by atoms with Gasteiger partial charge in [-0.15, -0.1) is 0 Å². The maximum Gasteiger partial charge on any atom is 0.221 e. The van der Waals surface area contributed by atoms with Gasteiger partial charge in [-0.2, -0.15) is 0 Å². The van der Waals surface area contributed by atoms with E-state index in [2.05, 4.69) is 6.92 Å². The van der Waals surface area contributed by atoms with E-state index in [-0.39, 0.29) is 0 Å². The highest BCUT2D eigenvalue weighted by Gasteiger charge is 2.54. The lowest BCUT2D eigenvalue weighted by Crippen LogP contribution is -2.48. The second kappa shape index (κ2) is 13.9. The first-order valence-electron chi connectivity index (χ1n) is 10.5. The second-order valence-electron chi connectivity index (χ2n) is 7.48. The van der Waals surface area contributed by atoms with Gasteiger partial charge in [-0.3, -0.25) is 0 Å². The Kier molecular flexibility index (Phi) is 12.7. The molecular formula is C20H40O6. The molecule has 0 aromatic carbocycles. The third kappa shape index (κ3) is 7.79. The van der Waals surface area contributed by atoms with Crippen molar-refractivity contribution in [1.29, 1.82) is 0 Å². The van der Waals surface area contributed by atoms with E-state index in [1.54, 1.807) is 0 Å². The third-order valence-electron chi connectivity index (χ3n) is 5.25. The van der Waals surface area contributed by atoms with Gasteiger partial charge in [0.2, 0.25) is 5.79 Å². The summed E-state index contributed by atoms with van der Waals surface area (Å²) in [5, 5.41) is 38.5. The topological polar surface area (TPSA) is 99.4 Å². The molecule has 156 valence electrons. The van der Waals surface area contributed by atoms with Gasteiger partial charge in [0.05, 0.1) is 13.2 Å². The van der Waals surface area contributed by atoms with Crippen molar-refractivity contribution in [2.75, 3.05) is 19.8 Å². The maximum absolute atomic E-state index is 10.0. The van der Waals surface area contributed by atoms with E-state index in [0.29, 0.717) is 6.61 Å². The summed E-state index contributed by atoms with van der Waals surface area (Å²) in [7, 11) is 0. The Balaban J connectivity index is 2.01. The molecule has 6 heteroatoms. The van der Waals surface area contributed by atoms with Gasteiger partial charge in [0.1, 0.15) is 24.9 Å². The number of hydrogen-bond donors (Lipinski definition) is 4. The van der Waals surface area contributed by atoms with Crippen molar-refractivity contribution in [3.8, 4) is 0 Å². The smallest absolute Gasteiger partial charge is 0.221 e. The highest BCUT2D eigenvalue weighted by molar-refractivity contribution is 4.96. The number of aliphatic hydroxyl groups excluding tert-OH is 4. The molecule has 1 rings (SSSR count). The van der Waals surface area contributed by atoms with Crippen LogP contribution in [0.4, 0.5) is 0 Å². The van der Waals surface area contributed by atoms with Crippen LogP contribution in [0.15, 0.2) is 0 Å². The van der Waals surface area contributed by atoms with Gasteiger partial charge in [-0.25, -0.2) is 0 Å². The zero-order chi connectivity index (χ0) is 19.3. The Morgan fingerprint density at radius 3 is 1.73 bits per heavy atom. The van der Waals surface area contributed by atoms with Crippen LogP contribution in [-0.2, 0) is 9.47 Å². The molecule has 1 fully saturated rings. The molecule has 0 aromatic rings. The molecule has 0 radical (unpaired) electrons. The van der Waals surface area contributed by atoms with Gasteiger partial charge in [0.15, 0.2) is 0 Å². The molecule has 6 nitrogen and oxygen atoms in total. The first-order valence-corrected chi connectivity index (χ1v) is 10.5. The molecule has 1 saturated heterocycles. The van der Waals surface area contributed by atoms with E-state index in [0.717, 1.165) is 19.3 Å². The average Bonchev–Trinajstić information content (AvgIpc) is 2.90. The van der Waals surface area contributed by atoms with Crippen LogP contribution in [0.2, 0.25) is 0 Å². The zero-order valence-electron chi connectivity index (χ0n) is 16.4. The summed E-state index contributed by atoms with van der Waals surface area (Å²) in [4.78, 5) is 0. The van der Waals surface area contributed by atoms with Crippen molar-refractivity contribution in [3.63, 3.8) is 0 Å². The Morgan fingerprint density at radius 2 is 1.31 bits per heavy atom. The van der Waals surface area contributed by atoms with Crippen molar-refractivity contribution in [2.45, 2.75) is 108 Å². The van der Waals surface area contributed by atoms with E-state index in [9.17, 15) is 15.3 Å². The second-order valence-corrected chi connectivity index (χ2v) is 7.48. The molecule has 4 atom stereocenters. The Bertz CT molecular complexity index is 340. The SMILES string of the molecule is CCCCCCCCCCCCCCOC1(CO)O[C@H](CO)[C@@H](O)[C@@H]1O. The fraction of sp³-hybridized carbons (Fsp3) is 1.00. The van der Waals surface area contributed by atoms with Crippen LogP contribution in [0.25, 0.3) is 0 Å². The van der Waals surface area contributed by atoms with Crippen molar-refractivity contribution in [1.82, 2.24) is 0 Å². The first kappa shape index (κ1) is 23.8. The molecule has 1 unspecified atom stereocenters. The minimum Gasteiger partial charge on any atom is -0.394 e. The molecule has 0 aromatic heterocycles. The molecule has 0 amide bonds. The van der Waals surface area contributed by atoms with Crippen molar-refractivity contribution in [2.24, 2.45) is 0 Å². The molecule has 0 spiro atoms. The highest BCUT2D eigenvalue weighted by Crippen LogP contribution is 2.32. The monoisotopic (exact) mass is 376 g/mol. The summed E-state index contributed by atoms with van der Waals surface area (Å²) in [5.41, 5.74) is 0. The van der Waals surface area contributed by atoms with Crippen LogP contribution in [0, 0.1) is 0 Å². The van der Waals surface area contributed by atoms with Crippen LogP contribution in [0.1, 0.15) is 84.0 Å². The Morgan fingerprint density at radius 1 is 0.808 bits per heavy atom. The summed E-state index contributed by atoms with van der Waals surface area (Å²) < 4.78 is 10.9. The van der Waals surface area contributed by atoms with Crippen LogP contribution in [0.5, 0.6) is 0 Å². The highest BCUT2D eigenvalue weighted by atomic mass is 16.7. The van der Waals surface area contributed by atoms with Crippen LogP contribution >= 0.6 is 0 Å². The number of rotatable bonds is 16. The predicted octanol–water partition coefficient (Wildman–Crippen LogP) is 2.51. The van der Waals surface area contributed by atoms with Crippen molar-refractivity contribution < 1.29 is 29.9 Å². The largest absolute Gasteiger partial charge is 0.394 e. The molecule has 1 heterocycles. The first-order chi connectivity index (χ1) is 12.6. The molecular weight excluding hydrogens is 336 g/mol. The molecule has 1 aliphatic heterocycles. The Labute approximate surface area is 158 Å². The van der Waals surface area contributed by atoms with Crippen LogP contribution in [-0.4, -0.2) is 64.3 Å². The predicted molar refractivity (Wildman–Crippen MR) is 101 cm³/mol. The lowest BCUT2D eigenvalue weighted by Gasteiger charge is -2.30. The quantitative estimate of drug-likeness (QED) is 0.309. The number of ether oxygens (including phenoxy) is 2. The molecule has 0 aliphatic carbocycles. The van der Waals surface area contributed by atoms with Gasteiger partial charge in [-0.1, -0.05) is 77.6 Å². The molecule has 0 saturated carbocycles. The van der Waals surface area contributed by atoms with E-state index < -0.39 is 37.3 Å². The van der Waals surface area contributed by atoms with Crippen LogP contribution < -0.4 is 0 Å². The van der Waals surface area contributed by atoms with E-state index in [1.807, 2.05) is 0 Å². The van der Waals surface area contributed by atoms with Gasteiger partial charge in [-0.05, 0) is 6.42 Å². The lowest BCUT2D eigenvalue weighted by molar-refractivity contribution is -0.276. The normalized spacial score (nSPS) is 28.7. The number of aliphatic hydroxyl groups is 4. The average molecular weight is 377 g/mol. The van der Waals surface area contributed by atoms with Crippen LogP contribution in [0.3, 0.4) is 0 Å². The van der Waals surface area contributed by atoms with Gasteiger partial charge >= 0.3 is 0 Å². The molecule has 1 aliphatic rings. The summed E-state index contributed by atoms with van der Waals surface area (Å²) in [6, 6.07) is 0. The van der Waals surface area contributed by atoms with Crippen molar-refractivity contribution >= 4 is 0 Å². The van der Waals surface area contributed by atoms with Gasteiger partial charge in [0, 0.05) is 0 Å². The summed E-state index contributed by atoms with van der Waals surface area (Å²) in [6.45, 7) is 1.61. The standard InChI is InChI=1S/C20H40O6/c1-2-3-4-5-6-7-8-9-10-11-12-13-14-25-20(16-22)19(24)18(23)17(15-21)26-20/h17-19,21-24H,2-16H2,1H3/t17-,18-,19+,20?/m1/s1. The summed E-state index contributed by atoms with van der Waals surface area (Å²) >= 11 is 0. The minimum absolute atomic E-state index is 0.347.